The lowest BCUT2D eigenvalue weighted by atomic mass is 9.86. The Labute approximate surface area is 139 Å². The van der Waals surface area contributed by atoms with E-state index < -0.39 is 8.07 Å². The largest absolute Gasteiger partial charge is 0.470 e. The van der Waals surface area contributed by atoms with Crippen molar-refractivity contribution in [3.05, 3.63) is 0 Å². The Hall–Kier alpha value is -0.238. The lowest BCUT2D eigenvalue weighted by molar-refractivity contribution is 0.00578. The molecule has 0 aliphatic carbocycles. The van der Waals surface area contributed by atoms with Crippen molar-refractivity contribution in [1.29, 1.82) is 0 Å². The standard InChI is InChI=1S/C18H35BO2Si/c1-14(2)22(15(3)4,16(5)6)13-11-12-19-20-17(7,8)18(9,10)21-19/h14-16H,12H2,1-10H3. The van der Waals surface area contributed by atoms with Crippen molar-refractivity contribution in [2.45, 2.75) is 103 Å². The van der Waals surface area contributed by atoms with E-state index in [9.17, 15) is 0 Å². The van der Waals surface area contributed by atoms with Gasteiger partial charge in [-0.2, -0.15) is 0 Å². The molecular formula is C18H35BO2Si. The molecule has 0 aromatic rings. The zero-order valence-electron chi connectivity index (χ0n) is 16.3. The molecule has 1 saturated heterocycles. The maximum Gasteiger partial charge on any atom is 0.470 e. The van der Waals surface area contributed by atoms with Gasteiger partial charge >= 0.3 is 7.12 Å². The van der Waals surface area contributed by atoms with Gasteiger partial charge in [0.25, 0.3) is 0 Å². The maximum absolute atomic E-state index is 6.05. The molecule has 1 fully saturated rings. The van der Waals surface area contributed by atoms with Crippen molar-refractivity contribution in [3.63, 3.8) is 0 Å². The molecule has 0 bridgehead atoms. The number of rotatable bonds is 4. The molecule has 0 saturated carbocycles. The average molecular weight is 322 g/mol. The van der Waals surface area contributed by atoms with Crippen LogP contribution in [0.15, 0.2) is 0 Å². The molecule has 1 aliphatic heterocycles. The second kappa shape index (κ2) is 6.71. The normalized spacial score (nSPS) is 20.7. The van der Waals surface area contributed by atoms with Gasteiger partial charge in [0.2, 0.25) is 0 Å². The van der Waals surface area contributed by atoms with E-state index in [2.05, 4.69) is 80.7 Å². The van der Waals surface area contributed by atoms with Crippen molar-refractivity contribution in [1.82, 2.24) is 0 Å². The molecule has 2 nitrogen and oxygen atoms in total. The first-order chi connectivity index (χ1) is 9.87. The highest BCUT2D eigenvalue weighted by atomic mass is 28.3. The van der Waals surface area contributed by atoms with Gasteiger partial charge in [0.1, 0.15) is 8.07 Å². The van der Waals surface area contributed by atoms with E-state index in [0.717, 1.165) is 0 Å². The van der Waals surface area contributed by atoms with Gasteiger partial charge in [-0.25, -0.2) is 0 Å². The highest BCUT2D eigenvalue weighted by Gasteiger charge is 2.50. The highest BCUT2D eigenvalue weighted by molar-refractivity contribution is 6.90. The first kappa shape index (κ1) is 19.8. The predicted molar refractivity (Wildman–Crippen MR) is 99.7 cm³/mol. The maximum atomic E-state index is 6.05. The van der Waals surface area contributed by atoms with E-state index in [0.29, 0.717) is 22.9 Å². The summed E-state index contributed by atoms with van der Waals surface area (Å²) in [5.41, 5.74) is 5.21. The van der Waals surface area contributed by atoms with Gasteiger partial charge in [0.15, 0.2) is 0 Å². The van der Waals surface area contributed by atoms with Gasteiger partial charge in [-0.3, -0.25) is 0 Å². The Morgan fingerprint density at radius 1 is 0.818 bits per heavy atom. The van der Waals surface area contributed by atoms with Gasteiger partial charge < -0.3 is 9.31 Å². The molecule has 126 valence electrons. The molecule has 1 aliphatic rings. The fourth-order valence-corrected chi connectivity index (χ4v) is 9.04. The van der Waals surface area contributed by atoms with E-state index in [1.165, 1.54) is 0 Å². The summed E-state index contributed by atoms with van der Waals surface area (Å²) in [6.45, 7) is 22.4. The molecular weight excluding hydrogens is 287 g/mol. The van der Waals surface area contributed by atoms with Crippen molar-refractivity contribution in [2.75, 3.05) is 0 Å². The minimum atomic E-state index is -1.64. The summed E-state index contributed by atoms with van der Waals surface area (Å²) in [7, 11) is -1.84. The van der Waals surface area contributed by atoms with Crippen LogP contribution in [-0.4, -0.2) is 26.4 Å². The van der Waals surface area contributed by atoms with E-state index in [4.69, 9.17) is 9.31 Å². The van der Waals surface area contributed by atoms with Gasteiger partial charge in [-0.15, -0.1) is 11.5 Å². The Morgan fingerprint density at radius 3 is 1.50 bits per heavy atom. The number of hydrogen-bond acceptors (Lipinski definition) is 2. The molecule has 1 heterocycles. The Bertz CT molecular complexity index is 406. The summed E-state index contributed by atoms with van der Waals surface area (Å²) in [5.74, 6) is 3.45. The van der Waals surface area contributed by atoms with Crippen LogP contribution in [0.25, 0.3) is 0 Å². The third kappa shape index (κ3) is 3.63. The molecule has 0 N–H and O–H groups in total. The quantitative estimate of drug-likeness (QED) is 0.516. The molecule has 22 heavy (non-hydrogen) atoms. The molecule has 0 radical (unpaired) electrons. The fourth-order valence-electron chi connectivity index (χ4n) is 3.77. The molecule has 4 heteroatoms. The first-order valence-corrected chi connectivity index (χ1v) is 11.0. The van der Waals surface area contributed by atoms with E-state index in [-0.39, 0.29) is 18.3 Å². The van der Waals surface area contributed by atoms with Gasteiger partial charge in [-0.1, -0.05) is 41.5 Å². The second-order valence-electron chi connectivity index (χ2n) is 8.59. The lowest BCUT2D eigenvalue weighted by Gasteiger charge is -2.38. The zero-order chi connectivity index (χ0) is 17.3. The van der Waals surface area contributed by atoms with Crippen molar-refractivity contribution in [2.24, 2.45) is 0 Å². The van der Waals surface area contributed by atoms with E-state index in [1.807, 2.05) is 0 Å². The smallest absolute Gasteiger partial charge is 0.403 e. The fraction of sp³-hybridized carbons (Fsp3) is 0.889. The van der Waals surface area contributed by atoms with Crippen LogP contribution in [0.4, 0.5) is 0 Å². The topological polar surface area (TPSA) is 18.5 Å². The SMILES string of the molecule is CC(C)[Si](C#CCB1OC(C)(C)C(C)(C)O1)(C(C)C)C(C)C. The van der Waals surface area contributed by atoms with Crippen molar-refractivity contribution >= 4 is 15.2 Å². The minimum Gasteiger partial charge on any atom is -0.403 e. The van der Waals surface area contributed by atoms with E-state index in [1.54, 1.807) is 0 Å². The van der Waals surface area contributed by atoms with E-state index >= 15 is 0 Å². The van der Waals surface area contributed by atoms with Crippen LogP contribution < -0.4 is 0 Å². The van der Waals surface area contributed by atoms with Crippen LogP contribution >= 0.6 is 0 Å². The third-order valence-corrected chi connectivity index (χ3v) is 12.1. The summed E-state index contributed by atoms with van der Waals surface area (Å²) in [6.07, 6.45) is 0.674. The molecule has 0 amide bonds. The Balaban J connectivity index is 2.90. The predicted octanol–water partition coefficient (Wildman–Crippen LogP) is 5.30. The summed E-state index contributed by atoms with van der Waals surface area (Å²) >= 11 is 0. The Morgan fingerprint density at radius 2 is 1.18 bits per heavy atom. The molecule has 0 unspecified atom stereocenters. The van der Waals surface area contributed by atoms with Crippen LogP contribution in [0.5, 0.6) is 0 Å². The summed E-state index contributed by atoms with van der Waals surface area (Å²) in [6, 6.07) is 0. The van der Waals surface area contributed by atoms with Crippen LogP contribution in [0.3, 0.4) is 0 Å². The van der Waals surface area contributed by atoms with Crippen molar-refractivity contribution in [3.8, 4) is 11.5 Å². The highest BCUT2D eigenvalue weighted by Crippen LogP contribution is 2.41. The average Bonchev–Trinajstić information content (AvgIpc) is 2.51. The summed E-state index contributed by atoms with van der Waals surface area (Å²) < 4.78 is 12.1. The van der Waals surface area contributed by atoms with Crippen LogP contribution in [0, 0.1) is 11.5 Å². The Kier molecular flexibility index (Phi) is 6.04. The minimum absolute atomic E-state index is 0.198. The van der Waals surface area contributed by atoms with Crippen LogP contribution in [0.2, 0.25) is 22.9 Å². The molecule has 1 rings (SSSR count). The molecule has 0 atom stereocenters. The number of hydrogen-bond donors (Lipinski definition) is 0. The van der Waals surface area contributed by atoms with Gasteiger partial charge in [0.05, 0.1) is 11.2 Å². The summed E-state index contributed by atoms with van der Waals surface area (Å²) in [5, 5.41) is 0. The third-order valence-electron chi connectivity index (χ3n) is 5.74. The molecule has 0 aromatic carbocycles. The zero-order valence-corrected chi connectivity index (χ0v) is 17.3. The molecule has 0 aromatic heterocycles. The summed E-state index contributed by atoms with van der Waals surface area (Å²) in [4.78, 5) is 0. The monoisotopic (exact) mass is 322 g/mol. The van der Waals surface area contributed by atoms with Crippen molar-refractivity contribution < 1.29 is 9.31 Å². The van der Waals surface area contributed by atoms with Crippen LogP contribution in [-0.2, 0) is 9.31 Å². The van der Waals surface area contributed by atoms with Crippen LogP contribution in [0.1, 0.15) is 69.2 Å². The lowest BCUT2D eigenvalue weighted by Crippen LogP contribution is -2.43. The second-order valence-corrected chi connectivity index (χ2v) is 14.2. The van der Waals surface area contributed by atoms with Gasteiger partial charge in [-0.05, 0) is 44.3 Å². The first-order valence-electron chi connectivity index (χ1n) is 8.72. The van der Waals surface area contributed by atoms with Gasteiger partial charge in [0, 0.05) is 6.32 Å². The molecule has 0 spiro atoms.